The molecular weight excluding hydrogens is 468 g/mol. The quantitative estimate of drug-likeness (QED) is 0.222. The van der Waals surface area contributed by atoms with Gasteiger partial charge in [0, 0.05) is 33.7 Å². The number of halogens is 1. The highest BCUT2D eigenvalue weighted by atomic mass is 35.5. The number of nitrogens with zero attached hydrogens (tertiary/aromatic N) is 2. The lowest BCUT2D eigenvalue weighted by Crippen LogP contribution is -2.27. The fourth-order valence-electron chi connectivity index (χ4n) is 4.17. The first-order valence-corrected chi connectivity index (χ1v) is 12.2. The molecule has 2 heterocycles. The SMILES string of the molecule is Cc1c(/C=C2/SC(=S)N(Cc3ccccc3)C2=O)c2ccccc2n1Cc1ccccc1Cl. The first-order valence-electron chi connectivity index (χ1n) is 10.6. The molecule has 1 fully saturated rings. The van der Waals surface area contributed by atoms with Crippen LogP contribution < -0.4 is 0 Å². The summed E-state index contributed by atoms with van der Waals surface area (Å²) in [5.74, 6) is -0.0452. The van der Waals surface area contributed by atoms with Gasteiger partial charge in [-0.2, -0.15) is 0 Å². The molecule has 4 aromatic rings. The summed E-state index contributed by atoms with van der Waals surface area (Å²) in [6.07, 6.45) is 1.99. The van der Waals surface area contributed by atoms with E-state index in [0.717, 1.165) is 38.3 Å². The molecule has 164 valence electrons. The predicted molar refractivity (Wildman–Crippen MR) is 142 cm³/mol. The number of amides is 1. The van der Waals surface area contributed by atoms with E-state index in [1.165, 1.54) is 11.8 Å². The second kappa shape index (κ2) is 9.18. The predicted octanol–water partition coefficient (Wildman–Crippen LogP) is 7.05. The zero-order chi connectivity index (χ0) is 22.9. The van der Waals surface area contributed by atoms with Crippen molar-refractivity contribution in [2.75, 3.05) is 0 Å². The lowest BCUT2D eigenvalue weighted by molar-refractivity contribution is -0.122. The molecule has 0 spiro atoms. The lowest BCUT2D eigenvalue weighted by Gasteiger charge is -2.14. The van der Waals surface area contributed by atoms with E-state index in [0.29, 0.717) is 22.3 Å². The number of hydrogen-bond acceptors (Lipinski definition) is 3. The standard InChI is InChI=1S/C27H21ClN2OS2/c1-18-22(15-25-26(31)30(27(32)33-25)16-19-9-3-2-4-10-19)21-12-6-8-14-24(21)29(18)17-20-11-5-7-13-23(20)28/h2-15H,16-17H2,1H3/b25-15+. The van der Waals surface area contributed by atoms with Crippen molar-refractivity contribution in [1.29, 1.82) is 0 Å². The van der Waals surface area contributed by atoms with Gasteiger partial charge in [-0.05, 0) is 36.3 Å². The zero-order valence-electron chi connectivity index (χ0n) is 18.0. The van der Waals surface area contributed by atoms with Gasteiger partial charge in [-0.1, -0.05) is 102 Å². The monoisotopic (exact) mass is 488 g/mol. The molecule has 0 saturated carbocycles. The molecule has 0 unspecified atom stereocenters. The van der Waals surface area contributed by atoms with Crippen molar-refractivity contribution >= 4 is 62.8 Å². The maximum atomic E-state index is 13.2. The number of benzene rings is 3. The fourth-order valence-corrected chi connectivity index (χ4v) is 5.61. The van der Waals surface area contributed by atoms with Crippen LogP contribution in [0.15, 0.2) is 83.8 Å². The average Bonchev–Trinajstić information content (AvgIpc) is 3.24. The molecule has 1 aromatic heterocycles. The Bertz CT molecular complexity index is 1410. The van der Waals surface area contributed by atoms with E-state index in [1.54, 1.807) is 4.90 Å². The molecule has 0 atom stereocenters. The second-order valence-corrected chi connectivity index (χ2v) is 10.0. The molecule has 6 heteroatoms. The highest BCUT2D eigenvalue weighted by Crippen LogP contribution is 2.37. The smallest absolute Gasteiger partial charge is 0.266 e. The molecule has 1 aliphatic heterocycles. The first kappa shape index (κ1) is 22.0. The van der Waals surface area contributed by atoms with Crippen molar-refractivity contribution in [3.05, 3.63) is 111 Å². The molecule has 1 aliphatic rings. The van der Waals surface area contributed by atoms with Crippen LogP contribution in [0.2, 0.25) is 5.02 Å². The largest absolute Gasteiger partial charge is 0.340 e. The molecule has 3 aromatic carbocycles. The van der Waals surface area contributed by atoms with Gasteiger partial charge < -0.3 is 4.57 Å². The van der Waals surface area contributed by atoms with Gasteiger partial charge in [0.25, 0.3) is 5.91 Å². The molecule has 0 bridgehead atoms. The maximum Gasteiger partial charge on any atom is 0.266 e. The number of fused-ring (bicyclic) bond motifs is 1. The van der Waals surface area contributed by atoms with Gasteiger partial charge in [-0.15, -0.1) is 0 Å². The molecule has 0 N–H and O–H groups in total. The van der Waals surface area contributed by atoms with Gasteiger partial charge in [-0.3, -0.25) is 9.69 Å². The highest BCUT2D eigenvalue weighted by Gasteiger charge is 2.32. The Morgan fingerprint density at radius 2 is 1.64 bits per heavy atom. The van der Waals surface area contributed by atoms with E-state index >= 15 is 0 Å². The number of aromatic nitrogens is 1. The van der Waals surface area contributed by atoms with Crippen LogP contribution in [0.25, 0.3) is 17.0 Å². The molecule has 1 saturated heterocycles. The summed E-state index contributed by atoms with van der Waals surface area (Å²) >= 11 is 13.4. The summed E-state index contributed by atoms with van der Waals surface area (Å²) < 4.78 is 2.85. The summed E-state index contributed by atoms with van der Waals surface area (Å²) in [7, 11) is 0. The van der Waals surface area contributed by atoms with Crippen molar-refractivity contribution in [3.63, 3.8) is 0 Å². The molecule has 0 aliphatic carbocycles. The topological polar surface area (TPSA) is 25.2 Å². The molecule has 5 rings (SSSR count). The Labute approximate surface area is 207 Å². The number of thioether (sulfide) groups is 1. The van der Waals surface area contributed by atoms with E-state index in [-0.39, 0.29) is 5.91 Å². The van der Waals surface area contributed by atoms with Crippen molar-refractivity contribution in [2.24, 2.45) is 0 Å². The van der Waals surface area contributed by atoms with E-state index in [1.807, 2.05) is 72.8 Å². The van der Waals surface area contributed by atoms with Crippen molar-refractivity contribution in [2.45, 2.75) is 20.0 Å². The minimum Gasteiger partial charge on any atom is -0.340 e. The second-order valence-electron chi connectivity index (χ2n) is 7.95. The van der Waals surface area contributed by atoms with Gasteiger partial charge in [0.15, 0.2) is 0 Å². The van der Waals surface area contributed by atoms with Gasteiger partial charge >= 0.3 is 0 Å². The van der Waals surface area contributed by atoms with E-state index < -0.39 is 0 Å². The molecule has 3 nitrogen and oxygen atoms in total. The third-order valence-corrected chi connectivity index (χ3v) is 7.65. The Morgan fingerprint density at radius 1 is 0.939 bits per heavy atom. The number of carbonyl (C=O) groups is 1. The molecular formula is C27H21ClN2OS2. The number of carbonyl (C=O) groups excluding carboxylic acids is 1. The van der Waals surface area contributed by atoms with Crippen LogP contribution in [0.3, 0.4) is 0 Å². The van der Waals surface area contributed by atoms with Crippen LogP contribution in [0.4, 0.5) is 0 Å². The first-order chi connectivity index (χ1) is 16.0. The van der Waals surface area contributed by atoms with Crippen LogP contribution in [0.5, 0.6) is 0 Å². The number of rotatable bonds is 5. The number of thiocarbonyl (C=S) groups is 1. The van der Waals surface area contributed by atoms with E-state index in [9.17, 15) is 4.79 Å². The fraction of sp³-hybridized carbons (Fsp3) is 0.111. The molecule has 1 amide bonds. The molecule has 33 heavy (non-hydrogen) atoms. The van der Waals surface area contributed by atoms with E-state index in [4.69, 9.17) is 23.8 Å². The lowest BCUT2D eigenvalue weighted by atomic mass is 10.1. The highest BCUT2D eigenvalue weighted by molar-refractivity contribution is 8.26. The average molecular weight is 489 g/mol. The minimum absolute atomic E-state index is 0.0452. The third-order valence-electron chi connectivity index (χ3n) is 5.90. The normalized spacial score (nSPS) is 15.2. The molecule has 0 radical (unpaired) electrons. The third kappa shape index (κ3) is 4.24. The summed E-state index contributed by atoms with van der Waals surface area (Å²) in [6, 6.07) is 26.1. The summed E-state index contributed by atoms with van der Waals surface area (Å²) in [5.41, 5.74) is 5.36. The van der Waals surface area contributed by atoms with Crippen molar-refractivity contribution < 1.29 is 4.79 Å². The van der Waals surface area contributed by atoms with Crippen LogP contribution >= 0.6 is 35.6 Å². The van der Waals surface area contributed by atoms with E-state index in [2.05, 4.69) is 23.6 Å². The van der Waals surface area contributed by atoms with Crippen LogP contribution in [0.1, 0.15) is 22.4 Å². The van der Waals surface area contributed by atoms with Gasteiger partial charge in [0.2, 0.25) is 0 Å². The Hall–Kier alpha value is -2.86. The number of hydrogen-bond donors (Lipinski definition) is 0. The van der Waals surface area contributed by atoms with Gasteiger partial charge in [-0.25, -0.2) is 0 Å². The Morgan fingerprint density at radius 3 is 2.42 bits per heavy atom. The summed E-state index contributed by atoms with van der Waals surface area (Å²) in [4.78, 5) is 15.6. The van der Waals surface area contributed by atoms with Crippen molar-refractivity contribution in [3.8, 4) is 0 Å². The van der Waals surface area contributed by atoms with Gasteiger partial charge in [0.1, 0.15) is 4.32 Å². The minimum atomic E-state index is -0.0452. The summed E-state index contributed by atoms with van der Waals surface area (Å²) in [6.45, 7) is 3.23. The Kier molecular flexibility index (Phi) is 6.11. The Balaban J connectivity index is 1.53. The van der Waals surface area contributed by atoms with Crippen LogP contribution in [-0.4, -0.2) is 19.7 Å². The van der Waals surface area contributed by atoms with Gasteiger partial charge in [0.05, 0.1) is 11.4 Å². The van der Waals surface area contributed by atoms with Crippen LogP contribution in [-0.2, 0) is 17.9 Å². The van der Waals surface area contributed by atoms with Crippen LogP contribution in [0, 0.1) is 6.92 Å². The summed E-state index contributed by atoms with van der Waals surface area (Å²) in [5, 5.41) is 1.85. The van der Waals surface area contributed by atoms with Crippen molar-refractivity contribution in [1.82, 2.24) is 9.47 Å². The maximum absolute atomic E-state index is 13.2. The number of para-hydroxylation sites is 1. The zero-order valence-corrected chi connectivity index (χ0v) is 20.4.